The minimum atomic E-state index is 0.00488. The summed E-state index contributed by atoms with van der Waals surface area (Å²) in [5.74, 6) is 3.14. The highest BCUT2D eigenvalue weighted by molar-refractivity contribution is 5.80. The second-order valence-corrected chi connectivity index (χ2v) is 7.15. The van der Waals surface area contributed by atoms with Crippen LogP contribution in [0.15, 0.2) is 0 Å². The number of aromatic nitrogens is 3. The van der Waals surface area contributed by atoms with Gasteiger partial charge < -0.3 is 15.6 Å². The van der Waals surface area contributed by atoms with E-state index in [0.29, 0.717) is 18.4 Å². The van der Waals surface area contributed by atoms with Crippen LogP contribution in [-0.4, -0.2) is 26.7 Å². The van der Waals surface area contributed by atoms with Crippen LogP contribution in [0.1, 0.15) is 50.2 Å². The van der Waals surface area contributed by atoms with Crippen LogP contribution < -0.4 is 11.1 Å². The van der Waals surface area contributed by atoms with E-state index in [0.717, 1.165) is 37.5 Å². The molecule has 0 aromatic carbocycles. The Morgan fingerprint density at radius 2 is 2.09 bits per heavy atom. The number of nitrogens with one attached hydrogen (secondary N) is 1. The number of fused-ring (bicyclic) bond motifs is 3. The van der Waals surface area contributed by atoms with Crippen LogP contribution in [0.5, 0.6) is 0 Å². The molecular weight excluding hydrogens is 278 g/mol. The number of hydrogen-bond donors (Lipinski definition) is 2. The van der Waals surface area contributed by atoms with E-state index in [1.54, 1.807) is 0 Å². The molecule has 6 nitrogen and oxygen atoms in total. The average molecular weight is 303 g/mol. The van der Waals surface area contributed by atoms with E-state index in [1.807, 2.05) is 0 Å². The summed E-state index contributed by atoms with van der Waals surface area (Å²) in [7, 11) is 0. The van der Waals surface area contributed by atoms with Gasteiger partial charge in [0.1, 0.15) is 5.82 Å². The van der Waals surface area contributed by atoms with Gasteiger partial charge >= 0.3 is 0 Å². The van der Waals surface area contributed by atoms with E-state index in [1.165, 1.54) is 25.7 Å². The van der Waals surface area contributed by atoms with Crippen molar-refractivity contribution in [3.8, 4) is 0 Å². The summed E-state index contributed by atoms with van der Waals surface area (Å²) in [6, 6.07) is 0.0502. The number of carbonyl (C=O) groups is 1. The highest BCUT2D eigenvalue weighted by atomic mass is 16.2. The Morgan fingerprint density at radius 3 is 2.91 bits per heavy atom. The third-order valence-electron chi connectivity index (χ3n) is 5.89. The van der Waals surface area contributed by atoms with E-state index in [-0.39, 0.29) is 17.9 Å². The van der Waals surface area contributed by atoms with Gasteiger partial charge in [0.25, 0.3) is 0 Å². The van der Waals surface area contributed by atoms with Gasteiger partial charge in [-0.05, 0) is 43.9 Å². The van der Waals surface area contributed by atoms with E-state index < -0.39 is 0 Å². The fraction of sp³-hybridized carbons (Fsp3) is 0.812. The van der Waals surface area contributed by atoms with E-state index in [4.69, 9.17) is 5.73 Å². The van der Waals surface area contributed by atoms with Crippen molar-refractivity contribution in [3.05, 3.63) is 11.6 Å². The van der Waals surface area contributed by atoms with Gasteiger partial charge in [-0.1, -0.05) is 6.42 Å². The Morgan fingerprint density at radius 1 is 1.23 bits per heavy atom. The second kappa shape index (κ2) is 5.65. The number of nitrogens with zero attached hydrogens (tertiary/aromatic N) is 3. The molecule has 0 saturated heterocycles. The third kappa shape index (κ3) is 2.33. The molecule has 3 N–H and O–H groups in total. The summed E-state index contributed by atoms with van der Waals surface area (Å²) < 4.78 is 2.19. The lowest BCUT2D eigenvalue weighted by Gasteiger charge is -2.26. The first-order valence-electron chi connectivity index (χ1n) is 8.68. The number of hydrogen-bond acceptors (Lipinski definition) is 4. The molecular formula is C16H25N5O. The number of carbonyl (C=O) groups excluding carboxylic acids is 1. The molecule has 1 amide bonds. The van der Waals surface area contributed by atoms with Gasteiger partial charge in [-0.15, -0.1) is 10.2 Å². The Labute approximate surface area is 130 Å². The Kier molecular flexibility index (Phi) is 3.64. The molecule has 120 valence electrons. The number of amides is 1. The summed E-state index contributed by atoms with van der Waals surface area (Å²) in [6.07, 6.45) is 8.10. The lowest BCUT2D eigenvalue weighted by atomic mass is 9.84. The fourth-order valence-corrected chi connectivity index (χ4v) is 4.68. The number of nitrogens with two attached hydrogens (primary N) is 1. The highest BCUT2D eigenvalue weighted by Crippen LogP contribution is 2.47. The molecule has 22 heavy (non-hydrogen) atoms. The molecule has 4 atom stereocenters. The summed E-state index contributed by atoms with van der Waals surface area (Å²) in [5.41, 5.74) is 6.25. The van der Waals surface area contributed by atoms with Crippen molar-refractivity contribution in [2.45, 2.75) is 64.1 Å². The molecule has 0 spiro atoms. The van der Waals surface area contributed by atoms with Crippen molar-refractivity contribution in [1.82, 2.24) is 20.1 Å². The monoisotopic (exact) mass is 303 g/mol. The van der Waals surface area contributed by atoms with Crippen LogP contribution >= 0.6 is 0 Å². The van der Waals surface area contributed by atoms with Crippen molar-refractivity contribution in [2.75, 3.05) is 0 Å². The molecule has 0 radical (unpaired) electrons. The minimum absolute atomic E-state index is 0.00488. The van der Waals surface area contributed by atoms with Gasteiger partial charge in [0.2, 0.25) is 5.91 Å². The number of aryl methyl sites for hydroxylation is 1. The standard InChI is InChI=1S/C16H25N5O/c17-15-11-6-5-10(8-11)14(15)16(22)18-9-13-20-19-12-4-2-1-3-7-21(12)13/h10-11,14-15H,1-9,17H2,(H,18,22). The molecule has 1 aromatic heterocycles. The van der Waals surface area contributed by atoms with Gasteiger partial charge in [-0.2, -0.15) is 0 Å². The van der Waals surface area contributed by atoms with Gasteiger partial charge in [0.15, 0.2) is 5.82 Å². The third-order valence-corrected chi connectivity index (χ3v) is 5.89. The normalized spacial score (nSPS) is 33.5. The first-order valence-corrected chi connectivity index (χ1v) is 8.68. The van der Waals surface area contributed by atoms with Crippen molar-refractivity contribution < 1.29 is 4.79 Å². The fourth-order valence-electron chi connectivity index (χ4n) is 4.68. The predicted octanol–water partition coefficient (Wildman–Crippen LogP) is 0.994. The smallest absolute Gasteiger partial charge is 0.225 e. The van der Waals surface area contributed by atoms with Gasteiger partial charge in [-0.3, -0.25) is 4.79 Å². The van der Waals surface area contributed by atoms with Crippen LogP contribution in [0.2, 0.25) is 0 Å². The predicted molar refractivity (Wildman–Crippen MR) is 81.7 cm³/mol. The zero-order valence-corrected chi connectivity index (χ0v) is 13.0. The topological polar surface area (TPSA) is 85.8 Å². The first-order chi connectivity index (χ1) is 10.7. The molecule has 1 aliphatic heterocycles. The summed E-state index contributed by atoms with van der Waals surface area (Å²) >= 11 is 0. The van der Waals surface area contributed by atoms with Crippen LogP contribution in [-0.2, 0) is 24.3 Å². The van der Waals surface area contributed by atoms with E-state index in [9.17, 15) is 4.79 Å². The Hall–Kier alpha value is -1.43. The van der Waals surface area contributed by atoms with Crippen molar-refractivity contribution in [3.63, 3.8) is 0 Å². The largest absolute Gasteiger partial charge is 0.348 e. The maximum atomic E-state index is 12.5. The molecule has 2 aliphatic carbocycles. The Bertz CT molecular complexity index is 567. The second-order valence-electron chi connectivity index (χ2n) is 7.15. The first kappa shape index (κ1) is 14.2. The van der Waals surface area contributed by atoms with Crippen molar-refractivity contribution >= 4 is 5.91 Å². The van der Waals surface area contributed by atoms with Gasteiger partial charge in [-0.25, -0.2) is 0 Å². The molecule has 1 aromatic rings. The van der Waals surface area contributed by atoms with Crippen LogP contribution in [0.4, 0.5) is 0 Å². The SMILES string of the molecule is NC1C2CCC(C2)C1C(=O)NCc1nnc2n1CCCCC2. The highest BCUT2D eigenvalue weighted by Gasteiger charge is 2.48. The molecule has 2 saturated carbocycles. The van der Waals surface area contributed by atoms with E-state index in [2.05, 4.69) is 20.1 Å². The maximum absolute atomic E-state index is 12.5. The summed E-state index contributed by atoms with van der Waals surface area (Å²) in [4.78, 5) is 12.5. The van der Waals surface area contributed by atoms with Gasteiger partial charge in [0.05, 0.1) is 12.5 Å². The lowest BCUT2D eigenvalue weighted by Crippen LogP contribution is -2.45. The van der Waals surface area contributed by atoms with Gasteiger partial charge in [0, 0.05) is 19.0 Å². The van der Waals surface area contributed by atoms with Crippen LogP contribution in [0.25, 0.3) is 0 Å². The molecule has 2 heterocycles. The molecule has 6 heteroatoms. The quantitative estimate of drug-likeness (QED) is 0.872. The molecule has 4 rings (SSSR count). The van der Waals surface area contributed by atoms with Crippen molar-refractivity contribution in [1.29, 1.82) is 0 Å². The molecule has 3 aliphatic rings. The molecule has 2 fully saturated rings. The maximum Gasteiger partial charge on any atom is 0.225 e. The molecule has 4 unspecified atom stereocenters. The van der Waals surface area contributed by atoms with Crippen molar-refractivity contribution in [2.24, 2.45) is 23.5 Å². The number of rotatable bonds is 3. The summed E-state index contributed by atoms with van der Waals surface area (Å²) in [6.45, 7) is 1.45. The summed E-state index contributed by atoms with van der Waals surface area (Å²) in [5, 5.41) is 11.6. The van der Waals surface area contributed by atoms with Crippen LogP contribution in [0.3, 0.4) is 0 Å². The zero-order chi connectivity index (χ0) is 15.1. The molecule has 2 bridgehead atoms. The van der Waals surface area contributed by atoms with Crippen LogP contribution in [0, 0.1) is 17.8 Å². The lowest BCUT2D eigenvalue weighted by molar-refractivity contribution is -0.127. The minimum Gasteiger partial charge on any atom is -0.348 e. The average Bonchev–Trinajstić information content (AvgIpc) is 3.16. The zero-order valence-electron chi connectivity index (χ0n) is 13.0. The van der Waals surface area contributed by atoms with E-state index >= 15 is 0 Å². The Balaban J connectivity index is 1.41.